The van der Waals surface area contributed by atoms with E-state index in [4.69, 9.17) is 4.42 Å². The fraction of sp³-hybridized carbons (Fsp3) is 0. The second-order valence-electron chi connectivity index (χ2n) is 6.31. The molecule has 1 N–H and O–H groups in total. The van der Waals surface area contributed by atoms with Gasteiger partial charge < -0.3 is 9.73 Å². The molecule has 2 nitrogen and oxygen atoms in total. The molecule has 0 radical (unpaired) electrons. The van der Waals surface area contributed by atoms with Gasteiger partial charge in [0.1, 0.15) is 11.2 Å². The van der Waals surface area contributed by atoms with Gasteiger partial charge in [-0.25, -0.2) is 0 Å². The van der Waals surface area contributed by atoms with Crippen molar-refractivity contribution >= 4 is 33.3 Å². The van der Waals surface area contributed by atoms with Crippen molar-refractivity contribution in [3.05, 3.63) is 97.1 Å². The topological polar surface area (TPSA) is 25.2 Å². The molecule has 4 aromatic carbocycles. The van der Waals surface area contributed by atoms with Crippen molar-refractivity contribution in [2.75, 3.05) is 5.32 Å². The van der Waals surface area contributed by atoms with Gasteiger partial charge in [-0.15, -0.1) is 0 Å². The maximum Gasteiger partial charge on any atom is 0.136 e. The number of furan rings is 1. The van der Waals surface area contributed by atoms with Gasteiger partial charge in [0, 0.05) is 27.7 Å². The first-order valence-electron chi connectivity index (χ1n) is 8.72. The third-order valence-electron chi connectivity index (χ3n) is 4.67. The van der Waals surface area contributed by atoms with Gasteiger partial charge in [-0.2, -0.15) is 0 Å². The van der Waals surface area contributed by atoms with Crippen LogP contribution in [0.25, 0.3) is 33.1 Å². The molecular weight excluding hydrogens is 318 g/mol. The summed E-state index contributed by atoms with van der Waals surface area (Å²) in [7, 11) is 0. The van der Waals surface area contributed by atoms with Crippen molar-refractivity contribution in [1.29, 1.82) is 0 Å². The SMILES string of the molecule is c1ccc(Nc2ccccc2-c2cccc3oc4ccccc4c23)cc1. The van der Waals surface area contributed by atoms with E-state index in [0.717, 1.165) is 38.9 Å². The van der Waals surface area contributed by atoms with Crippen molar-refractivity contribution in [1.82, 2.24) is 0 Å². The van der Waals surface area contributed by atoms with Gasteiger partial charge in [-0.05, 0) is 35.9 Å². The fourth-order valence-corrected chi connectivity index (χ4v) is 3.50. The highest BCUT2D eigenvalue weighted by molar-refractivity contribution is 6.13. The molecule has 0 aliphatic rings. The van der Waals surface area contributed by atoms with Crippen molar-refractivity contribution in [3.63, 3.8) is 0 Å². The van der Waals surface area contributed by atoms with E-state index in [9.17, 15) is 0 Å². The Morgan fingerprint density at radius 2 is 1.23 bits per heavy atom. The van der Waals surface area contributed by atoms with Crippen LogP contribution in [0.4, 0.5) is 11.4 Å². The van der Waals surface area contributed by atoms with Gasteiger partial charge in [0.25, 0.3) is 0 Å². The molecule has 0 bridgehead atoms. The molecule has 124 valence electrons. The van der Waals surface area contributed by atoms with Crippen molar-refractivity contribution in [2.24, 2.45) is 0 Å². The number of rotatable bonds is 3. The summed E-state index contributed by atoms with van der Waals surface area (Å²) in [6.07, 6.45) is 0. The lowest BCUT2D eigenvalue weighted by Gasteiger charge is -2.13. The zero-order valence-electron chi connectivity index (χ0n) is 14.1. The van der Waals surface area contributed by atoms with Gasteiger partial charge >= 0.3 is 0 Å². The molecule has 5 rings (SSSR count). The minimum Gasteiger partial charge on any atom is -0.456 e. The summed E-state index contributed by atoms with van der Waals surface area (Å²) in [5.41, 5.74) is 6.32. The van der Waals surface area contributed by atoms with Crippen LogP contribution in [-0.2, 0) is 0 Å². The fourth-order valence-electron chi connectivity index (χ4n) is 3.50. The first kappa shape index (κ1) is 14.8. The highest BCUT2D eigenvalue weighted by atomic mass is 16.3. The van der Waals surface area contributed by atoms with Gasteiger partial charge in [0.2, 0.25) is 0 Å². The van der Waals surface area contributed by atoms with E-state index in [1.165, 1.54) is 5.56 Å². The van der Waals surface area contributed by atoms with Gasteiger partial charge in [0.15, 0.2) is 0 Å². The van der Waals surface area contributed by atoms with Crippen molar-refractivity contribution in [3.8, 4) is 11.1 Å². The van der Waals surface area contributed by atoms with Crippen molar-refractivity contribution < 1.29 is 4.42 Å². The average molecular weight is 335 g/mol. The molecule has 0 unspecified atom stereocenters. The van der Waals surface area contributed by atoms with E-state index >= 15 is 0 Å². The molecule has 0 saturated heterocycles. The molecule has 5 aromatic rings. The molecule has 0 atom stereocenters. The van der Waals surface area contributed by atoms with Crippen LogP contribution in [0.1, 0.15) is 0 Å². The lowest BCUT2D eigenvalue weighted by atomic mass is 9.98. The number of nitrogens with one attached hydrogen (secondary N) is 1. The lowest BCUT2D eigenvalue weighted by Crippen LogP contribution is -1.93. The zero-order valence-corrected chi connectivity index (χ0v) is 14.1. The van der Waals surface area contributed by atoms with Crippen LogP contribution in [-0.4, -0.2) is 0 Å². The van der Waals surface area contributed by atoms with Crippen molar-refractivity contribution in [2.45, 2.75) is 0 Å². The Kier molecular flexibility index (Phi) is 3.46. The van der Waals surface area contributed by atoms with E-state index < -0.39 is 0 Å². The Morgan fingerprint density at radius 3 is 2.15 bits per heavy atom. The van der Waals surface area contributed by atoms with E-state index in [2.05, 4.69) is 66.0 Å². The molecule has 1 heterocycles. The average Bonchev–Trinajstić information content (AvgIpc) is 3.08. The molecule has 0 aliphatic heterocycles. The maximum atomic E-state index is 6.05. The minimum absolute atomic E-state index is 0.915. The molecule has 26 heavy (non-hydrogen) atoms. The normalized spacial score (nSPS) is 11.1. The second kappa shape index (κ2) is 6.08. The van der Waals surface area contributed by atoms with E-state index in [1.807, 2.05) is 36.4 Å². The summed E-state index contributed by atoms with van der Waals surface area (Å²) in [6, 6.07) is 33.1. The Morgan fingerprint density at radius 1 is 0.538 bits per heavy atom. The van der Waals surface area contributed by atoms with Crippen LogP contribution in [0.15, 0.2) is 101 Å². The number of benzene rings is 4. The molecule has 0 spiro atoms. The number of fused-ring (bicyclic) bond motifs is 3. The maximum absolute atomic E-state index is 6.05. The van der Waals surface area contributed by atoms with Gasteiger partial charge in [0.05, 0.1) is 0 Å². The Hall–Kier alpha value is -3.52. The monoisotopic (exact) mass is 335 g/mol. The largest absolute Gasteiger partial charge is 0.456 e. The third-order valence-corrected chi connectivity index (χ3v) is 4.67. The smallest absolute Gasteiger partial charge is 0.136 e. The summed E-state index contributed by atoms with van der Waals surface area (Å²) in [6.45, 7) is 0. The van der Waals surface area contributed by atoms with Crippen LogP contribution in [0.2, 0.25) is 0 Å². The van der Waals surface area contributed by atoms with Crippen LogP contribution < -0.4 is 5.32 Å². The van der Waals surface area contributed by atoms with E-state index in [-0.39, 0.29) is 0 Å². The molecular formula is C24H17NO. The number of hydrogen-bond acceptors (Lipinski definition) is 2. The predicted molar refractivity (Wildman–Crippen MR) is 109 cm³/mol. The summed E-state index contributed by atoms with van der Waals surface area (Å²) < 4.78 is 6.05. The highest BCUT2D eigenvalue weighted by Gasteiger charge is 2.14. The van der Waals surface area contributed by atoms with E-state index in [0.29, 0.717) is 0 Å². The summed E-state index contributed by atoms with van der Waals surface area (Å²) >= 11 is 0. The first-order valence-corrected chi connectivity index (χ1v) is 8.72. The second-order valence-corrected chi connectivity index (χ2v) is 6.31. The minimum atomic E-state index is 0.915. The molecule has 0 amide bonds. The molecule has 0 saturated carbocycles. The molecule has 2 heteroatoms. The summed E-state index contributed by atoms with van der Waals surface area (Å²) in [4.78, 5) is 0. The first-order chi connectivity index (χ1) is 12.9. The zero-order chi connectivity index (χ0) is 17.3. The Balaban J connectivity index is 1.74. The predicted octanol–water partition coefficient (Wildman–Crippen LogP) is 7.00. The van der Waals surface area contributed by atoms with E-state index in [1.54, 1.807) is 0 Å². The molecule has 1 aromatic heterocycles. The van der Waals surface area contributed by atoms with Crippen LogP contribution in [0.5, 0.6) is 0 Å². The third kappa shape index (κ3) is 2.44. The number of para-hydroxylation sites is 3. The van der Waals surface area contributed by atoms with Crippen LogP contribution >= 0.6 is 0 Å². The Labute approximate surface area is 151 Å². The molecule has 0 fully saturated rings. The van der Waals surface area contributed by atoms with Crippen LogP contribution in [0, 0.1) is 0 Å². The number of hydrogen-bond donors (Lipinski definition) is 1. The van der Waals surface area contributed by atoms with Crippen LogP contribution in [0.3, 0.4) is 0 Å². The highest BCUT2D eigenvalue weighted by Crippen LogP contribution is 2.39. The standard InChI is InChI=1S/C24H17NO/c1-2-9-17(10-3-1)25-21-14-6-4-11-18(21)19-13-8-16-23-24(19)20-12-5-7-15-22(20)26-23/h1-16,25H. The summed E-state index contributed by atoms with van der Waals surface area (Å²) in [5.74, 6) is 0. The van der Waals surface area contributed by atoms with Gasteiger partial charge in [-0.3, -0.25) is 0 Å². The summed E-state index contributed by atoms with van der Waals surface area (Å²) in [5, 5.41) is 5.85. The lowest BCUT2D eigenvalue weighted by molar-refractivity contribution is 0.669. The quantitative estimate of drug-likeness (QED) is 0.384. The van der Waals surface area contributed by atoms with Gasteiger partial charge in [-0.1, -0.05) is 66.7 Å². The molecule has 0 aliphatic carbocycles. The number of anilines is 2. The Bertz CT molecular complexity index is 1200.